The van der Waals surface area contributed by atoms with Crippen molar-refractivity contribution in [2.75, 3.05) is 53.5 Å². The first-order valence-electron chi connectivity index (χ1n) is 8.94. The van der Waals surface area contributed by atoms with Crippen molar-refractivity contribution in [3.63, 3.8) is 0 Å². The van der Waals surface area contributed by atoms with Gasteiger partial charge in [0.05, 0.1) is 25.0 Å². The van der Waals surface area contributed by atoms with Gasteiger partial charge in [-0.2, -0.15) is 0 Å². The van der Waals surface area contributed by atoms with Crippen LogP contribution in [0.3, 0.4) is 0 Å². The van der Waals surface area contributed by atoms with E-state index in [0.29, 0.717) is 19.0 Å². The number of halogens is 1. The third-order valence-electron chi connectivity index (χ3n) is 4.06. The highest BCUT2D eigenvalue weighted by Crippen LogP contribution is 2.10. The van der Waals surface area contributed by atoms with E-state index >= 15 is 0 Å². The van der Waals surface area contributed by atoms with Crippen LogP contribution in [0.2, 0.25) is 0 Å². The standard InChI is InChI=1S/C18H32N4O3.HI/c1-18(23,14-22(2)3)13-21-17(20-11-15-7-10-24-12-15)19-8-6-16-5-4-9-25-16;/h4-5,9,15,23H,6-8,10-14H2,1-3H3,(H2,19,20,21);1H. The molecule has 150 valence electrons. The number of ether oxygens (including phenoxy) is 1. The summed E-state index contributed by atoms with van der Waals surface area (Å²) in [5.74, 6) is 2.17. The Morgan fingerprint density at radius 1 is 1.42 bits per heavy atom. The van der Waals surface area contributed by atoms with Crippen LogP contribution in [0, 0.1) is 5.92 Å². The highest BCUT2D eigenvalue weighted by atomic mass is 127. The predicted octanol–water partition coefficient (Wildman–Crippen LogP) is 1.32. The van der Waals surface area contributed by atoms with Gasteiger partial charge in [-0.05, 0) is 39.6 Å². The molecule has 1 fully saturated rings. The van der Waals surface area contributed by atoms with Gasteiger partial charge in [-0.1, -0.05) is 0 Å². The van der Waals surface area contributed by atoms with Crippen LogP contribution in [-0.4, -0.2) is 75.1 Å². The maximum absolute atomic E-state index is 10.4. The molecule has 0 spiro atoms. The van der Waals surface area contributed by atoms with Crippen molar-refractivity contribution in [2.45, 2.75) is 25.4 Å². The minimum atomic E-state index is -0.865. The van der Waals surface area contributed by atoms with Gasteiger partial charge in [0.15, 0.2) is 5.96 Å². The Labute approximate surface area is 173 Å². The number of guanidine groups is 1. The van der Waals surface area contributed by atoms with E-state index in [9.17, 15) is 5.11 Å². The summed E-state index contributed by atoms with van der Waals surface area (Å²) in [6, 6.07) is 3.85. The van der Waals surface area contributed by atoms with E-state index < -0.39 is 5.60 Å². The lowest BCUT2D eigenvalue weighted by Gasteiger charge is -2.25. The molecule has 1 aliphatic heterocycles. The molecule has 0 saturated carbocycles. The molecule has 1 saturated heterocycles. The SMILES string of the molecule is CN(C)CC(C)(O)CN=C(NCCc1ccco1)NCC1CCOC1.I. The zero-order valence-electron chi connectivity index (χ0n) is 16.0. The molecule has 0 amide bonds. The summed E-state index contributed by atoms with van der Waals surface area (Å²) in [4.78, 5) is 6.54. The van der Waals surface area contributed by atoms with E-state index in [2.05, 4.69) is 15.6 Å². The number of hydrogen-bond acceptors (Lipinski definition) is 5. The number of nitrogens with one attached hydrogen (secondary N) is 2. The lowest BCUT2D eigenvalue weighted by Crippen LogP contribution is -2.44. The van der Waals surface area contributed by atoms with Crippen LogP contribution in [-0.2, 0) is 11.2 Å². The molecule has 8 heteroatoms. The van der Waals surface area contributed by atoms with Crippen LogP contribution in [0.25, 0.3) is 0 Å². The molecule has 0 radical (unpaired) electrons. The number of aliphatic imine (C=N–C) groups is 1. The lowest BCUT2D eigenvalue weighted by atomic mass is 10.1. The zero-order valence-corrected chi connectivity index (χ0v) is 18.4. The fraction of sp³-hybridized carbons (Fsp3) is 0.722. The van der Waals surface area contributed by atoms with Crippen molar-refractivity contribution in [2.24, 2.45) is 10.9 Å². The van der Waals surface area contributed by atoms with Gasteiger partial charge >= 0.3 is 0 Å². The van der Waals surface area contributed by atoms with E-state index in [4.69, 9.17) is 9.15 Å². The summed E-state index contributed by atoms with van der Waals surface area (Å²) in [5, 5.41) is 17.1. The monoisotopic (exact) mass is 480 g/mol. The number of likely N-dealkylation sites (N-methyl/N-ethyl adjacent to an activating group) is 1. The zero-order chi connectivity index (χ0) is 18.1. The molecule has 7 nitrogen and oxygen atoms in total. The summed E-state index contributed by atoms with van der Waals surface area (Å²) in [6.45, 7) is 5.88. The average Bonchev–Trinajstić information content (AvgIpc) is 3.21. The number of aliphatic hydroxyl groups is 1. The molecule has 0 aliphatic carbocycles. The van der Waals surface area contributed by atoms with Gasteiger partial charge in [0, 0.05) is 38.6 Å². The van der Waals surface area contributed by atoms with E-state index in [1.165, 1.54) is 0 Å². The Kier molecular flexibility index (Phi) is 10.5. The first kappa shape index (κ1) is 23.2. The minimum Gasteiger partial charge on any atom is -0.469 e. The smallest absolute Gasteiger partial charge is 0.191 e. The average molecular weight is 480 g/mol. The van der Waals surface area contributed by atoms with Crippen LogP contribution in [0.5, 0.6) is 0 Å². The molecule has 1 aromatic heterocycles. The topological polar surface area (TPSA) is 82.3 Å². The summed E-state index contributed by atoms with van der Waals surface area (Å²) < 4.78 is 10.8. The number of furan rings is 1. The van der Waals surface area contributed by atoms with E-state index in [-0.39, 0.29) is 24.0 Å². The number of hydrogen-bond donors (Lipinski definition) is 3. The second-order valence-corrected chi connectivity index (χ2v) is 7.27. The minimum absolute atomic E-state index is 0. The van der Waals surface area contributed by atoms with Gasteiger partial charge < -0.3 is 29.8 Å². The van der Waals surface area contributed by atoms with Gasteiger partial charge in [0.1, 0.15) is 5.76 Å². The van der Waals surface area contributed by atoms with Crippen LogP contribution >= 0.6 is 24.0 Å². The fourth-order valence-electron chi connectivity index (χ4n) is 2.90. The van der Waals surface area contributed by atoms with Gasteiger partial charge in [-0.25, -0.2) is 0 Å². The Morgan fingerprint density at radius 2 is 2.23 bits per heavy atom. The van der Waals surface area contributed by atoms with Crippen molar-refractivity contribution >= 4 is 29.9 Å². The Bertz CT molecular complexity index is 515. The number of rotatable bonds is 9. The molecule has 1 aliphatic rings. The summed E-state index contributed by atoms with van der Waals surface area (Å²) >= 11 is 0. The Hall–Kier alpha value is -0.840. The third kappa shape index (κ3) is 9.20. The van der Waals surface area contributed by atoms with Crippen LogP contribution in [0.15, 0.2) is 27.8 Å². The maximum atomic E-state index is 10.4. The van der Waals surface area contributed by atoms with Crippen molar-refractivity contribution in [1.29, 1.82) is 0 Å². The molecule has 0 bridgehead atoms. The summed E-state index contributed by atoms with van der Waals surface area (Å²) in [6.07, 6.45) is 3.54. The Balaban J connectivity index is 0.00000338. The fourth-order valence-corrected chi connectivity index (χ4v) is 2.90. The quantitative estimate of drug-likeness (QED) is 0.281. The van der Waals surface area contributed by atoms with Crippen LogP contribution < -0.4 is 10.6 Å². The van der Waals surface area contributed by atoms with Crippen molar-refractivity contribution in [3.8, 4) is 0 Å². The second kappa shape index (κ2) is 11.8. The molecule has 2 heterocycles. The predicted molar refractivity (Wildman–Crippen MR) is 114 cm³/mol. The van der Waals surface area contributed by atoms with Crippen LogP contribution in [0.4, 0.5) is 0 Å². The molecule has 2 rings (SSSR count). The van der Waals surface area contributed by atoms with Gasteiger partial charge in [-0.3, -0.25) is 4.99 Å². The molecule has 0 aromatic carbocycles. The summed E-state index contributed by atoms with van der Waals surface area (Å²) in [5.41, 5.74) is -0.865. The second-order valence-electron chi connectivity index (χ2n) is 7.27. The van der Waals surface area contributed by atoms with Crippen LogP contribution in [0.1, 0.15) is 19.1 Å². The van der Waals surface area contributed by atoms with E-state index in [1.54, 1.807) is 6.26 Å². The van der Waals surface area contributed by atoms with E-state index in [1.807, 2.05) is 38.1 Å². The molecular weight excluding hydrogens is 447 g/mol. The van der Waals surface area contributed by atoms with Crippen molar-refractivity contribution in [1.82, 2.24) is 15.5 Å². The highest BCUT2D eigenvalue weighted by Gasteiger charge is 2.21. The van der Waals surface area contributed by atoms with E-state index in [0.717, 1.165) is 50.9 Å². The summed E-state index contributed by atoms with van der Waals surface area (Å²) in [7, 11) is 3.89. The molecule has 2 atom stereocenters. The highest BCUT2D eigenvalue weighted by molar-refractivity contribution is 14.0. The number of nitrogens with zero attached hydrogens (tertiary/aromatic N) is 2. The van der Waals surface area contributed by atoms with Crippen molar-refractivity contribution < 1.29 is 14.3 Å². The third-order valence-corrected chi connectivity index (χ3v) is 4.06. The van der Waals surface area contributed by atoms with Gasteiger partial charge in [0.25, 0.3) is 0 Å². The van der Waals surface area contributed by atoms with Crippen molar-refractivity contribution in [3.05, 3.63) is 24.2 Å². The molecule has 3 N–H and O–H groups in total. The maximum Gasteiger partial charge on any atom is 0.191 e. The molecular formula is C18H33IN4O3. The molecule has 2 unspecified atom stereocenters. The largest absolute Gasteiger partial charge is 0.469 e. The van der Waals surface area contributed by atoms with Gasteiger partial charge in [0.2, 0.25) is 0 Å². The lowest BCUT2D eigenvalue weighted by molar-refractivity contribution is 0.0423. The molecule has 1 aromatic rings. The normalized spacial score (nSPS) is 19.9. The molecule has 26 heavy (non-hydrogen) atoms. The first-order chi connectivity index (χ1) is 11.9. The Morgan fingerprint density at radius 3 is 2.85 bits per heavy atom. The van der Waals surface area contributed by atoms with Gasteiger partial charge in [-0.15, -0.1) is 24.0 Å². The first-order valence-corrected chi connectivity index (χ1v) is 8.94.